The third kappa shape index (κ3) is 4.13. The SMILES string of the molecule is Cc1ccc(C(=O)C2=C(OCc3ccco3)C(=O)N(c3nc4ccc(F)cc4s3)C2c2ccccc2)o1. The summed E-state index contributed by atoms with van der Waals surface area (Å²) in [5.41, 5.74) is 1.35. The lowest BCUT2D eigenvalue weighted by Crippen LogP contribution is -2.31. The number of anilines is 1. The lowest BCUT2D eigenvalue weighted by molar-refractivity contribution is -0.118. The number of ether oxygens (including phenoxy) is 1. The molecule has 4 heterocycles. The fourth-order valence-corrected chi connectivity index (χ4v) is 5.34. The summed E-state index contributed by atoms with van der Waals surface area (Å²) in [6.07, 6.45) is 1.50. The molecule has 0 saturated heterocycles. The first-order valence-corrected chi connectivity index (χ1v) is 12.3. The van der Waals surface area contributed by atoms with Gasteiger partial charge in [-0.3, -0.25) is 14.5 Å². The fourth-order valence-electron chi connectivity index (χ4n) is 4.33. The van der Waals surface area contributed by atoms with Crippen molar-refractivity contribution >= 4 is 38.4 Å². The van der Waals surface area contributed by atoms with E-state index >= 15 is 0 Å². The number of furan rings is 2. The Hall–Kier alpha value is -4.50. The van der Waals surface area contributed by atoms with E-state index in [1.165, 1.54) is 23.3 Å². The normalized spacial score (nSPS) is 15.7. The van der Waals surface area contributed by atoms with Gasteiger partial charge in [0.15, 0.2) is 16.7 Å². The Bertz CT molecular complexity index is 1650. The van der Waals surface area contributed by atoms with Gasteiger partial charge in [0.05, 0.1) is 28.1 Å². The van der Waals surface area contributed by atoms with Crippen LogP contribution in [0.4, 0.5) is 9.52 Å². The highest BCUT2D eigenvalue weighted by atomic mass is 32.1. The second-order valence-corrected chi connectivity index (χ2v) is 9.46. The smallest absolute Gasteiger partial charge is 0.296 e. The van der Waals surface area contributed by atoms with Crippen LogP contribution in [0.2, 0.25) is 0 Å². The highest BCUT2D eigenvalue weighted by Crippen LogP contribution is 2.45. The molecule has 184 valence electrons. The van der Waals surface area contributed by atoms with Gasteiger partial charge in [-0.25, -0.2) is 9.37 Å². The number of hydrogen-bond acceptors (Lipinski definition) is 7. The predicted molar refractivity (Wildman–Crippen MR) is 135 cm³/mol. The largest absolute Gasteiger partial charge is 0.479 e. The van der Waals surface area contributed by atoms with E-state index in [1.807, 2.05) is 30.3 Å². The Labute approximate surface area is 214 Å². The summed E-state index contributed by atoms with van der Waals surface area (Å²) in [6, 6.07) is 19.2. The van der Waals surface area contributed by atoms with Gasteiger partial charge in [0.25, 0.3) is 5.91 Å². The van der Waals surface area contributed by atoms with Crippen molar-refractivity contribution in [3.8, 4) is 0 Å². The number of thiazole rings is 1. The molecule has 1 aliphatic rings. The molecule has 2 aromatic carbocycles. The van der Waals surface area contributed by atoms with Crippen LogP contribution in [0.1, 0.15) is 33.7 Å². The van der Waals surface area contributed by atoms with Gasteiger partial charge in [-0.05, 0) is 55.0 Å². The lowest BCUT2D eigenvalue weighted by Gasteiger charge is -2.24. The Kier molecular flexibility index (Phi) is 5.69. The van der Waals surface area contributed by atoms with Crippen LogP contribution in [0.3, 0.4) is 0 Å². The number of rotatable bonds is 7. The lowest BCUT2D eigenvalue weighted by atomic mass is 9.95. The maximum Gasteiger partial charge on any atom is 0.296 e. The number of nitrogens with zero attached hydrogens (tertiary/aromatic N) is 2. The van der Waals surface area contributed by atoms with E-state index in [2.05, 4.69) is 4.98 Å². The van der Waals surface area contributed by atoms with Gasteiger partial charge in [-0.2, -0.15) is 0 Å². The van der Waals surface area contributed by atoms with Gasteiger partial charge >= 0.3 is 0 Å². The van der Waals surface area contributed by atoms with E-state index in [4.69, 9.17) is 13.6 Å². The van der Waals surface area contributed by atoms with Crippen molar-refractivity contribution in [1.82, 2.24) is 4.98 Å². The highest BCUT2D eigenvalue weighted by molar-refractivity contribution is 7.22. The summed E-state index contributed by atoms with van der Waals surface area (Å²) in [5, 5.41) is 0.317. The summed E-state index contributed by atoms with van der Waals surface area (Å²) in [7, 11) is 0. The molecule has 0 bridgehead atoms. The quantitative estimate of drug-likeness (QED) is 0.235. The maximum absolute atomic E-state index is 14.0. The molecule has 0 aliphatic carbocycles. The zero-order valence-corrected chi connectivity index (χ0v) is 20.3. The van der Waals surface area contributed by atoms with Crippen LogP contribution >= 0.6 is 11.3 Å². The van der Waals surface area contributed by atoms with Crippen molar-refractivity contribution in [3.63, 3.8) is 0 Å². The number of Topliss-reactive ketones (excluding diaryl/α,β-unsaturated/α-hetero) is 1. The van der Waals surface area contributed by atoms with E-state index in [0.29, 0.717) is 32.4 Å². The number of halogens is 1. The first kappa shape index (κ1) is 22.9. The molecule has 0 saturated carbocycles. The molecule has 0 spiro atoms. The number of carbonyl (C=O) groups excluding carboxylic acids is 2. The summed E-state index contributed by atoms with van der Waals surface area (Å²) >= 11 is 1.16. The minimum atomic E-state index is -0.844. The standard InChI is InChI=1S/C28H19FN2O5S/c1-16-9-12-21(36-16)25(32)23-24(17-6-3-2-4-7-17)31(27(33)26(23)35-15-19-8-5-13-34-19)28-30-20-11-10-18(29)14-22(20)37-28/h2-14,24H,15H2,1H3. The predicted octanol–water partition coefficient (Wildman–Crippen LogP) is 6.37. The van der Waals surface area contributed by atoms with Gasteiger partial charge in [0.1, 0.15) is 23.9 Å². The van der Waals surface area contributed by atoms with Crippen molar-refractivity contribution in [2.75, 3.05) is 4.90 Å². The number of carbonyl (C=O) groups is 2. The molecule has 0 N–H and O–H groups in total. The van der Waals surface area contributed by atoms with Crippen molar-refractivity contribution in [3.05, 3.63) is 119 Å². The molecule has 0 fully saturated rings. The second kappa shape index (κ2) is 9.18. The molecular formula is C28H19FN2O5S. The third-order valence-electron chi connectivity index (χ3n) is 6.00. The summed E-state index contributed by atoms with van der Waals surface area (Å²) in [6.45, 7) is 1.68. The van der Waals surface area contributed by atoms with E-state index in [9.17, 15) is 14.0 Å². The number of aromatic nitrogens is 1. The molecule has 1 aliphatic heterocycles. The maximum atomic E-state index is 14.0. The van der Waals surface area contributed by atoms with Crippen LogP contribution in [-0.2, 0) is 16.1 Å². The summed E-state index contributed by atoms with van der Waals surface area (Å²) in [5.74, 6) is -0.382. The number of amides is 1. The van der Waals surface area contributed by atoms with Gasteiger partial charge in [0, 0.05) is 0 Å². The van der Waals surface area contributed by atoms with Crippen LogP contribution in [0.25, 0.3) is 10.2 Å². The zero-order valence-electron chi connectivity index (χ0n) is 19.5. The average molecular weight is 515 g/mol. The van der Waals surface area contributed by atoms with Crippen molar-refractivity contribution < 1.29 is 27.6 Å². The molecule has 5 aromatic rings. The van der Waals surface area contributed by atoms with Crippen molar-refractivity contribution in [2.24, 2.45) is 0 Å². The Morgan fingerprint density at radius 3 is 2.68 bits per heavy atom. The molecule has 7 nitrogen and oxygen atoms in total. The number of fused-ring (bicyclic) bond motifs is 1. The average Bonchev–Trinajstić information content (AvgIpc) is 3.69. The first-order valence-electron chi connectivity index (χ1n) is 11.4. The van der Waals surface area contributed by atoms with Crippen LogP contribution < -0.4 is 4.90 Å². The van der Waals surface area contributed by atoms with E-state index in [1.54, 1.807) is 37.3 Å². The number of benzene rings is 2. The third-order valence-corrected chi connectivity index (χ3v) is 7.01. The molecule has 0 radical (unpaired) electrons. The Morgan fingerprint density at radius 1 is 1.11 bits per heavy atom. The second-order valence-electron chi connectivity index (χ2n) is 8.45. The zero-order chi connectivity index (χ0) is 25.5. The molecule has 1 unspecified atom stereocenters. The monoisotopic (exact) mass is 514 g/mol. The summed E-state index contributed by atoms with van der Waals surface area (Å²) < 4.78 is 31.4. The first-order chi connectivity index (χ1) is 18.0. The molecule has 1 atom stereocenters. The van der Waals surface area contributed by atoms with Gasteiger partial charge in [0.2, 0.25) is 5.78 Å². The van der Waals surface area contributed by atoms with E-state index < -0.39 is 23.5 Å². The Balaban J connectivity index is 1.52. The Morgan fingerprint density at radius 2 is 1.95 bits per heavy atom. The fraction of sp³-hybridized carbons (Fsp3) is 0.107. The molecule has 1 amide bonds. The van der Waals surface area contributed by atoms with Crippen LogP contribution in [0.15, 0.2) is 99.2 Å². The summed E-state index contributed by atoms with van der Waals surface area (Å²) in [4.78, 5) is 33.8. The van der Waals surface area contributed by atoms with Crippen LogP contribution in [0.5, 0.6) is 0 Å². The minimum Gasteiger partial charge on any atom is -0.479 e. The number of ketones is 1. The van der Waals surface area contributed by atoms with Gasteiger partial charge in [-0.15, -0.1) is 0 Å². The molecule has 3 aromatic heterocycles. The van der Waals surface area contributed by atoms with Crippen molar-refractivity contribution in [2.45, 2.75) is 19.6 Å². The topological polar surface area (TPSA) is 85.8 Å². The molecule has 9 heteroatoms. The van der Waals surface area contributed by atoms with Gasteiger partial charge < -0.3 is 13.6 Å². The van der Waals surface area contributed by atoms with Crippen LogP contribution in [-0.4, -0.2) is 16.7 Å². The van der Waals surface area contributed by atoms with Gasteiger partial charge in [-0.1, -0.05) is 41.7 Å². The van der Waals surface area contributed by atoms with Crippen LogP contribution in [0, 0.1) is 12.7 Å². The minimum absolute atomic E-state index is 0.0531. The molecule has 6 rings (SSSR count). The van der Waals surface area contributed by atoms with Crippen molar-refractivity contribution in [1.29, 1.82) is 0 Å². The molecule has 37 heavy (non-hydrogen) atoms. The highest BCUT2D eigenvalue weighted by Gasteiger charge is 2.47. The van der Waals surface area contributed by atoms with E-state index in [0.717, 1.165) is 11.3 Å². The number of aryl methyl sites for hydroxylation is 1. The number of hydrogen-bond donors (Lipinski definition) is 0. The molecular weight excluding hydrogens is 495 g/mol. The van der Waals surface area contributed by atoms with E-state index in [-0.39, 0.29) is 23.7 Å².